The summed E-state index contributed by atoms with van der Waals surface area (Å²) in [4.78, 5) is 27.7. The van der Waals surface area contributed by atoms with Crippen molar-refractivity contribution >= 4 is 29.3 Å². The number of anilines is 1. The molecule has 0 saturated carbocycles. The molecule has 0 fully saturated rings. The number of amides is 3. The topological polar surface area (TPSA) is 87.5 Å². The number of alkyl halides is 3. The van der Waals surface area contributed by atoms with Crippen molar-refractivity contribution in [2.24, 2.45) is 0 Å². The van der Waals surface area contributed by atoms with E-state index in [4.69, 9.17) is 0 Å². The molecule has 0 spiro atoms. The maximum absolute atomic E-state index is 12.2. The maximum Gasteiger partial charge on any atom is 0.405 e. The number of fused-ring (bicyclic) bond motifs is 1. The molecule has 0 atom stereocenters. The van der Waals surface area contributed by atoms with E-state index in [2.05, 4.69) is 22.2 Å². The molecule has 10 heteroatoms. The van der Waals surface area contributed by atoms with Gasteiger partial charge in [-0.25, -0.2) is 9.78 Å². The fraction of sp³-hybridized carbons (Fsp3) is 0.136. The van der Waals surface area contributed by atoms with Crippen molar-refractivity contribution in [1.29, 1.82) is 0 Å². The lowest BCUT2D eigenvalue weighted by molar-refractivity contribution is -0.122. The Bertz CT molecular complexity index is 1170. The van der Waals surface area contributed by atoms with Gasteiger partial charge >= 0.3 is 12.2 Å². The molecule has 1 aromatic carbocycles. The van der Waals surface area contributed by atoms with Gasteiger partial charge in [-0.3, -0.25) is 9.20 Å². The summed E-state index contributed by atoms with van der Waals surface area (Å²) in [6.07, 6.45) is 3.61. The lowest BCUT2D eigenvalue weighted by atomic mass is 10.1. The lowest BCUT2D eigenvalue weighted by Crippen LogP contribution is -2.36. The van der Waals surface area contributed by atoms with E-state index in [9.17, 15) is 22.8 Å². The standard InChI is InChI=1S/C22H20F3N5O2/c1-2-9-26-20(31)7-6-15-8-10-30-18(13-27-19(30)11-15)16-4-3-5-17(12-16)29-21(32)28-14-22(23,24)25/h2-8,10-13H,1,9,14H2,(H,26,31)(H2,28,29,32)/b7-6+. The minimum Gasteiger partial charge on any atom is -0.349 e. The summed E-state index contributed by atoms with van der Waals surface area (Å²) in [5, 5.41) is 6.79. The number of nitrogens with zero attached hydrogens (tertiary/aromatic N) is 2. The average molecular weight is 443 g/mol. The number of carbonyl (C=O) groups is 2. The van der Waals surface area contributed by atoms with Gasteiger partial charge in [-0.2, -0.15) is 13.2 Å². The molecule has 3 amide bonds. The molecule has 2 heterocycles. The maximum atomic E-state index is 12.2. The Hall–Kier alpha value is -4.08. The normalized spacial score (nSPS) is 11.5. The Morgan fingerprint density at radius 1 is 1.16 bits per heavy atom. The van der Waals surface area contributed by atoms with E-state index in [1.54, 1.807) is 60.2 Å². The summed E-state index contributed by atoms with van der Waals surface area (Å²) < 4.78 is 38.5. The van der Waals surface area contributed by atoms with Crippen molar-refractivity contribution in [1.82, 2.24) is 20.0 Å². The molecular formula is C22H20F3N5O2. The van der Waals surface area contributed by atoms with Crippen LogP contribution in [-0.2, 0) is 4.79 Å². The number of nitrogens with one attached hydrogen (secondary N) is 3. The third-order valence-corrected chi connectivity index (χ3v) is 4.25. The fourth-order valence-electron chi connectivity index (χ4n) is 2.83. The Balaban J connectivity index is 1.75. The number of aromatic nitrogens is 2. The van der Waals surface area contributed by atoms with E-state index in [1.165, 1.54) is 6.08 Å². The highest BCUT2D eigenvalue weighted by Gasteiger charge is 2.27. The minimum absolute atomic E-state index is 0.239. The molecule has 32 heavy (non-hydrogen) atoms. The van der Waals surface area contributed by atoms with Crippen LogP contribution in [0.1, 0.15) is 5.56 Å². The predicted octanol–water partition coefficient (Wildman–Crippen LogP) is 4.00. The third-order valence-electron chi connectivity index (χ3n) is 4.25. The smallest absolute Gasteiger partial charge is 0.349 e. The molecule has 3 N–H and O–H groups in total. The Labute approximate surface area is 181 Å². The third kappa shape index (κ3) is 6.21. The quantitative estimate of drug-likeness (QED) is 0.381. The number of halogens is 3. The Morgan fingerprint density at radius 3 is 2.72 bits per heavy atom. The summed E-state index contributed by atoms with van der Waals surface area (Å²) >= 11 is 0. The first kappa shape index (κ1) is 22.6. The highest BCUT2D eigenvalue weighted by molar-refractivity contribution is 5.92. The zero-order valence-corrected chi connectivity index (χ0v) is 16.8. The molecule has 0 aliphatic carbocycles. The van der Waals surface area contributed by atoms with Crippen LogP contribution in [0.15, 0.2) is 67.5 Å². The zero-order valence-electron chi connectivity index (χ0n) is 16.8. The van der Waals surface area contributed by atoms with E-state index in [0.717, 1.165) is 11.3 Å². The van der Waals surface area contributed by atoms with Crippen LogP contribution in [0.25, 0.3) is 23.0 Å². The molecule has 0 bridgehead atoms. The van der Waals surface area contributed by atoms with E-state index in [1.807, 2.05) is 10.5 Å². The number of rotatable bonds is 7. The van der Waals surface area contributed by atoms with Crippen molar-refractivity contribution in [2.45, 2.75) is 6.18 Å². The van der Waals surface area contributed by atoms with Crippen LogP contribution in [0, 0.1) is 0 Å². The van der Waals surface area contributed by atoms with Crippen molar-refractivity contribution in [3.63, 3.8) is 0 Å². The first-order chi connectivity index (χ1) is 15.2. The molecule has 0 aliphatic heterocycles. The van der Waals surface area contributed by atoms with Crippen LogP contribution in [0.2, 0.25) is 0 Å². The molecule has 0 saturated heterocycles. The van der Waals surface area contributed by atoms with Gasteiger partial charge in [0.1, 0.15) is 12.2 Å². The first-order valence-corrected chi connectivity index (χ1v) is 9.51. The van der Waals surface area contributed by atoms with Gasteiger partial charge < -0.3 is 16.0 Å². The lowest BCUT2D eigenvalue weighted by Gasteiger charge is -2.10. The van der Waals surface area contributed by atoms with E-state index < -0.39 is 18.8 Å². The van der Waals surface area contributed by atoms with Crippen LogP contribution in [0.5, 0.6) is 0 Å². The predicted molar refractivity (Wildman–Crippen MR) is 116 cm³/mol. The summed E-state index contributed by atoms with van der Waals surface area (Å²) in [6, 6.07) is 9.32. The van der Waals surface area contributed by atoms with Gasteiger partial charge in [-0.05, 0) is 35.9 Å². The van der Waals surface area contributed by atoms with Gasteiger partial charge in [0.15, 0.2) is 0 Å². The molecule has 3 aromatic rings. The summed E-state index contributed by atoms with van der Waals surface area (Å²) in [7, 11) is 0. The molecular weight excluding hydrogens is 423 g/mol. The monoisotopic (exact) mass is 443 g/mol. The van der Waals surface area contributed by atoms with Crippen molar-refractivity contribution < 1.29 is 22.8 Å². The summed E-state index contributed by atoms with van der Waals surface area (Å²) in [6.45, 7) is 2.49. The highest BCUT2D eigenvalue weighted by atomic mass is 19.4. The van der Waals surface area contributed by atoms with Crippen LogP contribution in [0.3, 0.4) is 0 Å². The van der Waals surface area contributed by atoms with Gasteiger partial charge in [0.25, 0.3) is 0 Å². The second kappa shape index (κ2) is 9.82. The SMILES string of the molecule is C=CCNC(=O)/C=C/c1ccn2c(-c3cccc(NC(=O)NCC(F)(F)F)c3)cnc2c1. The van der Waals surface area contributed by atoms with Gasteiger partial charge in [0.05, 0.1) is 11.9 Å². The van der Waals surface area contributed by atoms with Crippen LogP contribution in [-0.4, -0.2) is 40.6 Å². The van der Waals surface area contributed by atoms with Crippen LogP contribution in [0.4, 0.5) is 23.7 Å². The summed E-state index contributed by atoms with van der Waals surface area (Å²) in [5.41, 5.74) is 3.18. The van der Waals surface area contributed by atoms with Crippen molar-refractivity contribution in [2.75, 3.05) is 18.4 Å². The van der Waals surface area contributed by atoms with Crippen molar-refractivity contribution in [3.8, 4) is 11.3 Å². The van der Waals surface area contributed by atoms with E-state index in [0.29, 0.717) is 23.4 Å². The minimum atomic E-state index is -4.49. The number of hydrogen-bond donors (Lipinski definition) is 3. The molecule has 0 unspecified atom stereocenters. The summed E-state index contributed by atoms with van der Waals surface area (Å²) in [5.74, 6) is -0.239. The number of urea groups is 1. The van der Waals surface area contributed by atoms with Gasteiger partial charge in [-0.1, -0.05) is 18.2 Å². The Kier molecular flexibility index (Phi) is 6.93. The highest BCUT2D eigenvalue weighted by Crippen LogP contribution is 2.24. The second-order valence-electron chi connectivity index (χ2n) is 6.70. The second-order valence-corrected chi connectivity index (χ2v) is 6.70. The number of benzene rings is 1. The molecule has 3 rings (SSSR count). The molecule has 0 aliphatic rings. The molecule has 166 valence electrons. The van der Waals surface area contributed by atoms with Crippen LogP contribution >= 0.6 is 0 Å². The molecule has 2 aromatic heterocycles. The number of hydrogen-bond acceptors (Lipinski definition) is 3. The first-order valence-electron chi connectivity index (χ1n) is 9.51. The molecule has 7 nitrogen and oxygen atoms in total. The zero-order chi connectivity index (χ0) is 23.1. The molecule has 0 radical (unpaired) electrons. The van der Waals surface area contributed by atoms with Gasteiger partial charge in [0.2, 0.25) is 5.91 Å². The average Bonchev–Trinajstić information content (AvgIpc) is 3.18. The van der Waals surface area contributed by atoms with Gasteiger partial charge in [0, 0.05) is 30.1 Å². The number of pyridine rings is 1. The van der Waals surface area contributed by atoms with Gasteiger partial charge in [-0.15, -0.1) is 6.58 Å². The van der Waals surface area contributed by atoms with Crippen molar-refractivity contribution in [3.05, 3.63) is 73.1 Å². The van der Waals surface area contributed by atoms with E-state index in [-0.39, 0.29) is 5.91 Å². The largest absolute Gasteiger partial charge is 0.405 e. The Morgan fingerprint density at radius 2 is 1.97 bits per heavy atom. The number of carbonyl (C=O) groups excluding carboxylic acids is 2. The number of imidazole rings is 1. The van der Waals surface area contributed by atoms with Crippen LogP contribution < -0.4 is 16.0 Å². The van der Waals surface area contributed by atoms with E-state index >= 15 is 0 Å². The fourth-order valence-corrected chi connectivity index (χ4v) is 2.83.